The zero-order valence-corrected chi connectivity index (χ0v) is 14.3. The van der Waals surface area contributed by atoms with Crippen LogP contribution in [0.1, 0.15) is 18.4 Å². The van der Waals surface area contributed by atoms with Crippen molar-refractivity contribution in [3.63, 3.8) is 0 Å². The van der Waals surface area contributed by atoms with Crippen LogP contribution in [-0.4, -0.2) is 33.7 Å². The van der Waals surface area contributed by atoms with Crippen LogP contribution in [0, 0.1) is 0 Å². The van der Waals surface area contributed by atoms with Crippen molar-refractivity contribution < 1.29 is 0 Å². The summed E-state index contributed by atoms with van der Waals surface area (Å²) in [7, 11) is 0. The van der Waals surface area contributed by atoms with Gasteiger partial charge in [0.05, 0.1) is 6.33 Å². The molecule has 0 unspecified atom stereocenters. The largest absolute Gasteiger partial charge is 0.357 e. The number of pyridine rings is 1. The minimum atomic E-state index is 0.577. The Morgan fingerprint density at radius 2 is 1.84 bits per heavy atom. The summed E-state index contributed by atoms with van der Waals surface area (Å²) < 4.78 is 2.02. The lowest BCUT2D eigenvalue weighted by Gasteiger charge is -2.33. The van der Waals surface area contributed by atoms with E-state index < -0.39 is 0 Å². The van der Waals surface area contributed by atoms with Crippen LogP contribution in [0.3, 0.4) is 0 Å². The van der Waals surface area contributed by atoms with Crippen LogP contribution in [-0.2, 0) is 6.54 Å². The second kappa shape index (κ2) is 7.49. The highest BCUT2D eigenvalue weighted by atomic mass is 15.2. The summed E-state index contributed by atoms with van der Waals surface area (Å²) in [4.78, 5) is 10.9. The maximum absolute atomic E-state index is 4.45. The molecule has 0 radical (unpaired) electrons. The van der Waals surface area contributed by atoms with Gasteiger partial charge in [0.15, 0.2) is 0 Å². The molecule has 5 heteroatoms. The predicted molar refractivity (Wildman–Crippen MR) is 99.9 cm³/mol. The van der Waals surface area contributed by atoms with E-state index in [9.17, 15) is 0 Å². The number of aromatic nitrogens is 3. The molecule has 1 aliphatic rings. The molecule has 1 saturated heterocycles. The number of nitrogens with one attached hydrogen (secondary N) is 1. The molecule has 0 saturated carbocycles. The van der Waals surface area contributed by atoms with Gasteiger partial charge in [-0.1, -0.05) is 18.2 Å². The van der Waals surface area contributed by atoms with Crippen molar-refractivity contribution in [3.8, 4) is 5.69 Å². The lowest BCUT2D eigenvalue weighted by Crippen LogP contribution is -2.42. The van der Waals surface area contributed by atoms with Gasteiger partial charge >= 0.3 is 0 Å². The normalized spacial score (nSPS) is 15.4. The van der Waals surface area contributed by atoms with Gasteiger partial charge < -0.3 is 14.8 Å². The van der Waals surface area contributed by atoms with Crippen molar-refractivity contribution in [1.82, 2.24) is 19.9 Å². The van der Waals surface area contributed by atoms with Gasteiger partial charge in [0.25, 0.3) is 0 Å². The van der Waals surface area contributed by atoms with Crippen LogP contribution < -0.4 is 10.2 Å². The number of hydrogen-bond acceptors (Lipinski definition) is 4. The lowest BCUT2D eigenvalue weighted by molar-refractivity contribution is 0.413. The highest BCUT2D eigenvalue weighted by Crippen LogP contribution is 2.17. The molecule has 1 aromatic carbocycles. The van der Waals surface area contributed by atoms with Crippen molar-refractivity contribution in [3.05, 3.63) is 72.9 Å². The van der Waals surface area contributed by atoms with Crippen molar-refractivity contribution >= 4 is 5.82 Å². The Morgan fingerprint density at radius 1 is 1.00 bits per heavy atom. The Kier molecular flexibility index (Phi) is 4.74. The summed E-state index contributed by atoms with van der Waals surface area (Å²) in [5.41, 5.74) is 2.46. The third-order valence-electron chi connectivity index (χ3n) is 4.80. The van der Waals surface area contributed by atoms with Crippen molar-refractivity contribution in [2.75, 3.05) is 18.0 Å². The van der Waals surface area contributed by atoms with Crippen molar-refractivity contribution in [2.24, 2.45) is 0 Å². The van der Waals surface area contributed by atoms with Crippen LogP contribution in [0.2, 0.25) is 0 Å². The molecule has 0 spiro atoms. The van der Waals surface area contributed by atoms with Gasteiger partial charge in [-0.05, 0) is 42.7 Å². The topological polar surface area (TPSA) is 46.0 Å². The smallest absolute Gasteiger partial charge is 0.128 e. The van der Waals surface area contributed by atoms with Crippen LogP contribution in [0.4, 0.5) is 5.82 Å². The fraction of sp³-hybridized carbons (Fsp3) is 0.300. The summed E-state index contributed by atoms with van der Waals surface area (Å²) in [6, 6.07) is 15.3. The fourth-order valence-electron chi connectivity index (χ4n) is 3.31. The average molecular weight is 333 g/mol. The Bertz CT molecular complexity index is 760. The second-order valence-corrected chi connectivity index (χ2v) is 6.47. The zero-order valence-electron chi connectivity index (χ0n) is 14.3. The van der Waals surface area contributed by atoms with E-state index in [0.717, 1.165) is 44.0 Å². The molecule has 3 aromatic rings. The molecule has 3 heterocycles. The SMILES string of the molecule is c1ccc(N2CCC(NCc3ccc(-n4ccnc4)cc3)CC2)nc1. The van der Waals surface area contributed by atoms with Crippen molar-refractivity contribution in [2.45, 2.75) is 25.4 Å². The molecule has 2 aromatic heterocycles. The van der Waals surface area contributed by atoms with E-state index in [1.54, 1.807) is 6.20 Å². The molecule has 25 heavy (non-hydrogen) atoms. The van der Waals surface area contributed by atoms with Crippen LogP contribution in [0.25, 0.3) is 5.69 Å². The van der Waals surface area contributed by atoms with Crippen LogP contribution in [0.15, 0.2) is 67.4 Å². The minimum absolute atomic E-state index is 0.577. The monoisotopic (exact) mass is 333 g/mol. The van der Waals surface area contributed by atoms with E-state index >= 15 is 0 Å². The van der Waals surface area contributed by atoms with Crippen molar-refractivity contribution in [1.29, 1.82) is 0 Å². The van der Waals surface area contributed by atoms with Crippen LogP contribution >= 0.6 is 0 Å². The van der Waals surface area contributed by atoms with E-state index in [0.29, 0.717) is 6.04 Å². The van der Waals surface area contributed by atoms with Gasteiger partial charge in [-0.25, -0.2) is 9.97 Å². The maximum Gasteiger partial charge on any atom is 0.128 e. The van der Waals surface area contributed by atoms with Gasteiger partial charge in [0.2, 0.25) is 0 Å². The first-order valence-corrected chi connectivity index (χ1v) is 8.85. The first-order chi connectivity index (χ1) is 12.4. The minimum Gasteiger partial charge on any atom is -0.357 e. The van der Waals surface area contributed by atoms with Gasteiger partial charge in [-0.15, -0.1) is 0 Å². The molecular formula is C20H23N5. The molecule has 4 rings (SSSR count). The van der Waals surface area contributed by atoms with E-state index in [1.165, 1.54) is 5.56 Å². The first-order valence-electron chi connectivity index (χ1n) is 8.85. The van der Waals surface area contributed by atoms with E-state index in [2.05, 4.69) is 56.6 Å². The molecule has 0 atom stereocenters. The number of hydrogen-bond donors (Lipinski definition) is 1. The van der Waals surface area contributed by atoms with E-state index in [4.69, 9.17) is 0 Å². The summed E-state index contributed by atoms with van der Waals surface area (Å²) in [5.74, 6) is 1.09. The third kappa shape index (κ3) is 3.88. The van der Waals surface area contributed by atoms with Gasteiger partial charge in [0.1, 0.15) is 5.82 Å². The molecule has 5 nitrogen and oxygen atoms in total. The summed E-state index contributed by atoms with van der Waals surface area (Å²) in [5, 5.41) is 3.70. The fourth-order valence-corrected chi connectivity index (χ4v) is 3.31. The molecule has 1 aliphatic heterocycles. The molecule has 0 aliphatic carbocycles. The number of piperidine rings is 1. The summed E-state index contributed by atoms with van der Waals surface area (Å²) in [6.45, 7) is 3.04. The summed E-state index contributed by atoms with van der Waals surface area (Å²) in [6.07, 6.45) is 9.76. The average Bonchev–Trinajstić information content (AvgIpc) is 3.23. The van der Waals surface area contributed by atoms with E-state index in [-0.39, 0.29) is 0 Å². The molecule has 0 bridgehead atoms. The molecular weight excluding hydrogens is 310 g/mol. The summed E-state index contributed by atoms with van der Waals surface area (Å²) >= 11 is 0. The Balaban J connectivity index is 1.27. The highest BCUT2D eigenvalue weighted by Gasteiger charge is 2.19. The Hall–Kier alpha value is -2.66. The standard InChI is InChI=1S/C20H23N5/c1-2-10-22-20(3-1)24-12-8-18(9-13-24)23-15-17-4-6-19(7-5-17)25-14-11-21-16-25/h1-7,10-11,14,16,18,23H,8-9,12-13,15H2. The molecule has 1 fully saturated rings. The third-order valence-corrected chi connectivity index (χ3v) is 4.80. The van der Waals surface area contributed by atoms with Gasteiger partial charge in [-0.2, -0.15) is 0 Å². The van der Waals surface area contributed by atoms with Gasteiger partial charge in [0, 0.05) is 50.0 Å². The zero-order chi connectivity index (χ0) is 16.9. The highest BCUT2D eigenvalue weighted by molar-refractivity contribution is 5.38. The Labute approximate surface area is 148 Å². The molecule has 128 valence electrons. The van der Waals surface area contributed by atoms with Crippen LogP contribution in [0.5, 0.6) is 0 Å². The number of anilines is 1. The lowest BCUT2D eigenvalue weighted by atomic mass is 10.0. The second-order valence-electron chi connectivity index (χ2n) is 6.47. The van der Waals surface area contributed by atoms with E-state index in [1.807, 2.05) is 29.4 Å². The number of benzene rings is 1. The number of rotatable bonds is 5. The maximum atomic E-state index is 4.45. The molecule has 1 N–H and O–H groups in total. The Morgan fingerprint density at radius 3 is 2.52 bits per heavy atom. The predicted octanol–water partition coefficient (Wildman–Crippen LogP) is 3.03. The quantitative estimate of drug-likeness (QED) is 0.780. The van der Waals surface area contributed by atoms with Gasteiger partial charge in [-0.3, -0.25) is 0 Å². The molecule has 0 amide bonds. The first kappa shape index (κ1) is 15.8. The number of imidazole rings is 1. The number of nitrogens with zero attached hydrogens (tertiary/aromatic N) is 4.